The lowest BCUT2D eigenvalue weighted by Gasteiger charge is -2.34. The Hall–Kier alpha value is -3.52. The van der Waals surface area contributed by atoms with Gasteiger partial charge in [0.15, 0.2) is 0 Å². The smallest absolute Gasteiger partial charge is 0.471 e. The molecule has 3 amide bonds. The molecular weight excluding hydrogens is 540 g/mol. The van der Waals surface area contributed by atoms with Gasteiger partial charge in [0.2, 0.25) is 5.91 Å². The Morgan fingerprint density at radius 2 is 1.33 bits per heavy atom. The highest BCUT2D eigenvalue weighted by Gasteiger charge is 2.46. The molecule has 0 aliphatic rings. The van der Waals surface area contributed by atoms with E-state index in [4.69, 9.17) is 9.47 Å². The predicted octanol–water partition coefficient (Wildman–Crippen LogP) is 2.82. The predicted molar refractivity (Wildman–Crippen MR) is 125 cm³/mol. The minimum absolute atomic E-state index is 0.0765. The number of unbranched alkanes of at least 4 members (excludes halogenated alkanes) is 1. The van der Waals surface area contributed by atoms with E-state index >= 15 is 0 Å². The van der Waals surface area contributed by atoms with Crippen LogP contribution in [-0.4, -0.2) is 105 Å². The molecule has 0 bridgehead atoms. The highest BCUT2D eigenvalue weighted by atomic mass is 19.4. The van der Waals surface area contributed by atoms with Gasteiger partial charge in [0, 0.05) is 34.1 Å². The van der Waals surface area contributed by atoms with Crippen LogP contribution in [-0.2, 0) is 30.3 Å². The number of alkyl halides is 6. The number of ether oxygens (including phenoxy) is 2. The molecule has 1 aromatic carbocycles. The van der Waals surface area contributed by atoms with Crippen LogP contribution >= 0.6 is 0 Å². The number of likely N-dealkylation sites (N-methyl/N-ethyl adjacent to an activating group) is 2. The highest BCUT2D eigenvalue weighted by Crippen LogP contribution is 2.23. The van der Waals surface area contributed by atoms with E-state index in [2.05, 4.69) is 0 Å². The van der Waals surface area contributed by atoms with Crippen molar-refractivity contribution >= 4 is 23.7 Å². The molecule has 0 N–H and O–H groups in total. The van der Waals surface area contributed by atoms with Gasteiger partial charge in [-0.2, -0.15) is 26.3 Å². The van der Waals surface area contributed by atoms with Crippen LogP contribution in [0.15, 0.2) is 24.3 Å². The first-order valence-corrected chi connectivity index (χ1v) is 11.6. The van der Waals surface area contributed by atoms with Gasteiger partial charge in [0.05, 0.1) is 14.2 Å². The standard InChI is InChI=1S/C24H31F6N3O6/c1-31(21(36)23(25,26)27)13-7-6-8-17(33(3)22(37)24(28,29)30)19(34)32(2)18(20(35)39-5)14-15-9-11-16(38-4)12-10-15/h9-12,17-18H,6-8,13-14H2,1-5H3. The Morgan fingerprint density at radius 3 is 1.79 bits per heavy atom. The summed E-state index contributed by atoms with van der Waals surface area (Å²) in [5, 5.41) is 0. The van der Waals surface area contributed by atoms with E-state index in [1.165, 1.54) is 14.2 Å². The first kappa shape index (κ1) is 33.5. The molecule has 0 aliphatic heterocycles. The number of hydrogen-bond donors (Lipinski definition) is 0. The van der Waals surface area contributed by atoms with Gasteiger partial charge in [-0.15, -0.1) is 0 Å². The zero-order valence-electron chi connectivity index (χ0n) is 22.1. The summed E-state index contributed by atoms with van der Waals surface area (Å²) in [5.74, 6) is -5.77. The number of methoxy groups -OCH3 is 2. The normalized spacial score (nSPS) is 13.2. The van der Waals surface area contributed by atoms with Gasteiger partial charge >= 0.3 is 30.1 Å². The SMILES string of the molecule is COC(=O)C(Cc1ccc(OC)cc1)N(C)C(=O)C(CCCCN(C)C(=O)C(F)(F)F)N(C)C(=O)C(F)(F)F. The molecule has 1 aromatic rings. The maximum absolute atomic E-state index is 13.4. The zero-order valence-corrected chi connectivity index (χ0v) is 22.1. The summed E-state index contributed by atoms with van der Waals surface area (Å²) in [6, 6.07) is 3.44. The second-order valence-corrected chi connectivity index (χ2v) is 8.69. The van der Waals surface area contributed by atoms with Crippen molar-refractivity contribution in [2.75, 3.05) is 41.9 Å². The molecule has 9 nitrogen and oxygen atoms in total. The fourth-order valence-corrected chi connectivity index (χ4v) is 3.72. The van der Waals surface area contributed by atoms with E-state index in [1.807, 2.05) is 0 Å². The summed E-state index contributed by atoms with van der Waals surface area (Å²) in [7, 11) is 5.36. The van der Waals surface area contributed by atoms with Crippen LogP contribution in [0.25, 0.3) is 0 Å². The Bertz CT molecular complexity index is 1000. The van der Waals surface area contributed by atoms with Gasteiger partial charge in [0.25, 0.3) is 0 Å². The average Bonchev–Trinajstić information content (AvgIpc) is 2.88. The molecule has 39 heavy (non-hydrogen) atoms. The van der Waals surface area contributed by atoms with Crippen LogP contribution in [0.4, 0.5) is 26.3 Å². The van der Waals surface area contributed by atoms with Gasteiger partial charge in [-0.25, -0.2) is 4.79 Å². The van der Waals surface area contributed by atoms with Crippen molar-refractivity contribution < 1.29 is 55.0 Å². The minimum Gasteiger partial charge on any atom is -0.497 e. The molecular formula is C24H31F6N3O6. The number of benzene rings is 1. The number of hydrogen-bond acceptors (Lipinski definition) is 6. The quantitative estimate of drug-likeness (QED) is 0.218. The second-order valence-electron chi connectivity index (χ2n) is 8.69. The molecule has 220 valence electrons. The number of amides is 3. The molecule has 0 saturated heterocycles. The Balaban J connectivity index is 3.14. The number of rotatable bonds is 12. The number of esters is 1. The molecule has 0 radical (unpaired) electrons. The lowest BCUT2D eigenvalue weighted by Crippen LogP contribution is -2.55. The van der Waals surface area contributed by atoms with Crippen molar-refractivity contribution in [2.45, 2.75) is 50.1 Å². The Morgan fingerprint density at radius 1 is 0.795 bits per heavy atom. The third kappa shape index (κ3) is 9.62. The largest absolute Gasteiger partial charge is 0.497 e. The van der Waals surface area contributed by atoms with Crippen molar-refractivity contribution in [1.82, 2.24) is 14.7 Å². The van der Waals surface area contributed by atoms with Crippen LogP contribution in [0.1, 0.15) is 24.8 Å². The molecule has 1 rings (SSSR count). The van der Waals surface area contributed by atoms with E-state index in [-0.39, 0.29) is 30.6 Å². The molecule has 0 aliphatic carbocycles. The lowest BCUT2D eigenvalue weighted by molar-refractivity contribution is -0.187. The second kappa shape index (κ2) is 14.0. The number of nitrogens with zero attached hydrogens (tertiary/aromatic N) is 3. The first-order valence-electron chi connectivity index (χ1n) is 11.6. The van der Waals surface area contributed by atoms with Gasteiger partial charge in [-0.1, -0.05) is 12.1 Å². The van der Waals surface area contributed by atoms with Crippen LogP contribution in [0.3, 0.4) is 0 Å². The van der Waals surface area contributed by atoms with E-state index in [0.717, 1.165) is 26.1 Å². The van der Waals surface area contributed by atoms with Gasteiger partial charge in [-0.3, -0.25) is 14.4 Å². The summed E-state index contributed by atoms with van der Waals surface area (Å²) in [4.78, 5) is 50.5. The number of carbonyl (C=O) groups excluding carboxylic acids is 4. The highest BCUT2D eigenvalue weighted by molar-refractivity contribution is 5.92. The third-order valence-corrected chi connectivity index (χ3v) is 6.00. The molecule has 0 spiro atoms. The van der Waals surface area contributed by atoms with E-state index in [1.54, 1.807) is 24.3 Å². The lowest BCUT2D eigenvalue weighted by atomic mass is 10.0. The van der Waals surface area contributed by atoms with Crippen molar-refractivity contribution in [2.24, 2.45) is 0 Å². The summed E-state index contributed by atoms with van der Waals surface area (Å²) in [5.41, 5.74) is 0.569. The number of carbonyl (C=O) groups is 4. The molecule has 2 atom stereocenters. The Labute approximate surface area is 221 Å². The minimum atomic E-state index is -5.31. The van der Waals surface area contributed by atoms with Crippen molar-refractivity contribution in [1.29, 1.82) is 0 Å². The number of halogens is 6. The molecule has 0 heterocycles. The first-order chi connectivity index (χ1) is 17.9. The van der Waals surface area contributed by atoms with E-state index < -0.39 is 54.7 Å². The van der Waals surface area contributed by atoms with Crippen molar-refractivity contribution in [3.8, 4) is 5.75 Å². The monoisotopic (exact) mass is 571 g/mol. The molecule has 0 aromatic heterocycles. The summed E-state index contributed by atoms with van der Waals surface area (Å²) in [6.45, 7) is -0.395. The van der Waals surface area contributed by atoms with Crippen LogP contribution in [0, 0.1) is 0 Å². The summed E-state index contributed by atoms with van der Waals surface area (Å²) in [6.07, 6.45) is -11.1. The van der Waals surface area contributed by atoms with Gasteiger partial charge in [0.1, 0.15) is 17.8 Å². The fraction of sp³-hybridized carbons (Fsp3) is 0.583. The zero-order chi connectivity index (χ0) is 30.1. The van der Waals surface area contributed by atoms with E-state index in [9.17, 15) is 45.5 Å². The molecule has 2 unspecified atom stereocenters. The van der Waals surface area contributed by atoms with Gasteiger partial charge in [-0.05, 0) is 37.0 Å². The van der Waals surface area contributed by atoms with Crippen LogP contribution in [0.2, 0.25) is 0 Å². The summed E-state index contributed by atoms with van der Waals surface area (Å²) < 4.78 is 87.0. The molecule has 0 saturated carbocycles. The van der Waals surface area contributed by atoms with Gasteiger partial charge < -0.3 is 24.2 Å². The maximum Gasteiger partial charge on any atom is 0.471 e. The maximum atomic E-state index is 13.4. The van der Waals surface area contributed by atoms with Crippen molar-refractivity contribution in [3.05, 3.63) is 29.8 Å². The van der Waals surface area contributed by atoms with E-state index in [0.29, 0.717) is 16.2 Å². The summed E-state index contributed by atoms with van der Waals surface area (Å²) >= 11 is 0. The van der Waals surface area contributed by atoms with Crippen LogP contribution in [0.5, 0.6) is 5.75 Å². The topological polar surface area (TPSA) is 96.5 Å². The van der Waals surface area contributed by atoms with Crippen molar-refractivity contribution in [3.63, 3.8) is 0 Å². The third-order valence-electron chi connectivity index (χ3n) is 6.00. The molecule has 0 fully saturated rings. The molecule has 15 heteroatoms. The average molecular weight is 572 g/mol. The Kier molecular flexibility index (Phi) is 12.1. The fourth-order valence-electron chi connectivity index (χ4n) is 3.72. The van der Waals surface area contributed by atoms with Crippen LogP contribution < -0.4 is 4.74 Å².